The van der Waals surface area contributed by atoms with Crippen molar-refractivity contribution in [1.82, 2.24) is 4.90 Å². The molecule has 176 valence electrons. The Bertz CT molecular complexity index is 1120. The lowest BCUT2D eigenvalue weighted by atomic mass is 9.63. The molecule has 1 aromatic carbocycles. The number of alkyl halides is 3. The van der Waals surface area contributed by atoms with Crippen LogP contribution in [0.3, 0.4) is 0 Å². The van der Waals surface area contributed by atoms with Gasteiger partial charge in [0.15, 0.2) is 0 Å². The van der Waals surface area contributed by atoms with Gasteiger partial charge in [-0.3, -0.25) is 9.69 Å². The van der Waals surface area contributed by atoms with Crippen LogP contribution in [0.4, 0.5) is 28.0 Å². The van der Waals surface area contributed by atoms with E-state index in [1.54, 1.807) is 6.92 Å². The molecule has 4 fully saturated rings. The molecule has 0 radical (unpaired) electrons. The average molecular weight is 469 g/mol. The Labute approximate surface area is 185 Å². The van der Waals surface area contributed by atoms with Crippen LogP contribution in [0, 0.1) is 29.0 Å². The zero-order chi connectivity index (χ0) is 24.1. The number of hydrogen-bond donors (Lipinski definition) is 1. The van der Waals surface area contributed by atoms with Crippen LogP contribution >= 0.6 is 0 Å². The molecule has 12 heteroatoms. The number of carboxylic acid groups (broad SMARTS) is 1. The van der Waals surface area contributed by atoms with Crippen molar-refractivity contribution < 1.29 is 41.7 Å². The van der Waals surface area contributed by atoms with Gasteiger partial charge < -0.3 is 19.5 Å². The number of anilines is 1. The number of halogens is 4. The summed E-state index contributed by atoms with van der Waals surface area (Å²) in [6.07, 6.45) is -6.70. The maximum atomic E-state index is 14.5. The molecule has 4 heterocycles. The summed E-state index contributed by atoms with van der Waals surface area (Å²) in [5.41, 5.74) is -5.12. The van der Waals surface area contributed by atoms with Crippen molar-refractivity contribution in [2.75, 3.05) is 18.6 Å². The minimum Gasteiger partial charge on any atom is -0.465 e. The fourth-order valence-corrected chi connectivity index (χ4v) is 6.34. The van der Waals surface area contributed by atoms with Crippen LogP contribution in [0.25, 0.3) is 0 Å². The van der Waals surface area contributed by atoms with E-state index in [4.69, 9.17) is 14.7 Å². The smallest absolute Gasteiger partial charge is 0.417 e. The Morgan fingerprint density at radius 3 is 2.70 bits per heavy atom. The highest BCUT2D eigenvalue weighted by atomic mass is 19.4. The predicted octanol–water partition coefficient (Wildman–Crippen LogP) is 2.95. The first-order valence-electron chi connectivity index (χ1n) is 10.3. The van der Waals surface area contributed by atoms with E-state index >= 15 is 0 Å². The second-order valence-electron chi connectivity index (χ2n) is 9.17. The first kappa shape index (κ1) is 21.9. The van der Waals surface area contributed by atoms with E-state index in [2.05, 4.69) is 0 Å². The number of ether oxygens (including phenoxy) is 2. The minimum absolute atomic E-state index is 0.0720. The van der Waals surface area contributed by atoms with Gasteiger partial charge >= 0.3 is 12.3 Å². The van der Waals surface area contributed by atoms with Crippen molar-refractivity contribution in [3.05, 3.63) is 29.1 Å². The lowest BCUT2D eigenvalue weighted by molar-refractivity contribution is -0.151. The summed E-state index contributed by atoms with van der Waals surface area (Å²) >= 11 is 0. The van der Waals surface area contributed by atoms with Gasteiger partial charge in [0.1, 0.15) is 23.7 Å². The molecule has 2 amide bonds. The van der Waals surface area contributed by atoms with E-state index in [0.717, 1.165) is 15.9 Å². The standard InChI is InChI=1S/C21H19F4N3O5/c1-19-7-13(27(2)18(30)31)20(33-19)3-4-32-17-15(20)14(19)16(29)28(17)9-5-11(21(23,24)25)10(8-26)12(22)6-9/h5-6,13-15,17H,3-4,7H2,1-2H3,(H,30,31)/t13-,14-,15+,17+,19-,20+/m1/s1. The zero-order valence-corrected chi connectivity index (χ0v) is 17.5. The second-order valence-corrected chi connectivity index (χ2v) is 9.17. The lowest BCUT2D eigenvalue weighted by Crippen LogP contribution is -2.61. The van der Waals surface area contributed by atoms with Crippen LogP contribution in [0.2, 0.25) is 0 Å². The maximum absolute atomic E-state index is 14.5. The van der Waals surface area contributed by atoms with Crippen molar-refractivity contribution in [2.24, 2.45) is 11.8 Å². The van der Waals surface area contributed by atoms with E-state index in [1.807, 2.05) is 0 Å². The summed E-state index contributed by atoms with van der Waals surface area (Å²) in [5, 5.41) is 18.6. The quantitative estimate of drug-likeness (QED) is 0.669. The van der Waals surface area contributed by atoms with Crippen molar-refractivity contribution >= 4 is 17.7 Å². The highest BCUT2D eigenvalue weighted by Crippen LogP contribution is 2.66. The Balaban J connectivity index is 1.63. The molecule has 0 saturated carbocycles. The summed E-state index contributed by atoms with van der Waals surface area (Å²) < 4.78 is 67.3. The number of nitriles is 1. The first-order chi connectivity index (χ1) is 15.4. The number of fused-ring (bicyclic) bond motifs is 2. The molecule has 0 unspecified atom stereocenters. The van der Waals surface area contributed by atoms with E-state index in [9.17, 15) is 32.3 Å². The molecule has 8 nitrogen and oxygen atoms in total. The largest absolute Gasteiger partial charge is 0.465 e. The number of carbonyl (C=O) groups is 2. The number of rotatable bonds is 2. The number of likely N-dealkylation sites (N-methyl/N-ethyl adjacent to an activating group) is 1. The molecule has 1 N–H and O–H groups in total. The van der Waals surface area contributed by atoms with Gasteiger partial charge in [-0.15, -0.1) is 0 Å². The van der Waals surface area contributed by atoms with Gasteiger partial charge in [-0.25, -0.2) is 9.18 Å². The van der Waals surface area contributed by atoms with Gasteiger partial charge in [0.2, 0.25) is 5.91 Å². The zero-order valence-electron chi connectivity index (χ0n) is 17.5. The molecule has 0 aliphatic carbocycles. The normalized spacial score (nSPS) is 36.6. The highest BCUT2D eigenvalue weighted by molar-refractivity contribution is 6.00. The molecule has 4 saturated heterocycles. The Kier molecular flexibility index (Phi) is 4.36. The molecule has 1 aromatic rings. The van der Waals surface area contributed by atoms with E-state index in [0.29, 0.717) is 12.5 Å². The van der Waals surface area contributed by atoms with Gasteiger partial charge in [0, 0.05) is 25.6 Å². The van der Waals surface area contributed by atoms with Crippen molar-refractivity contribution in [3.8, 4) is 6.07 Å². The molecular formula is C21H19F4N3O5. The molecule has 6 atom stereocenters. The molecular weight excluding hydrogens is 450 g/mol. The lowest BCUT2D eigenvalue weighted by Gasteiger charge is -2.47. The fraction of sp³-hybridized carbons (Fsp3) is 0.571. The topological polar surface area (TPSA) is 103 Å². The Morgan fingerprint density at radius 1 is 1.39 bits per heavy atom. The van der Waals surface area contributed by atoms with Crippen LogP contribution in [-0.2, 0) is 20.4 Å². The third-order valence-corrected chi connectivity index (χ3v) is 7.55. The van der Waals surface area contributed by atoms with Crippen molar-refractivity contribution in [1.29, 1.82) is 5.26 Å². The number of nitrogens with zero attached hydrogens (tertiary/aromatic N) is 3. The van der Waals surface area contributed by atoms with Crippen LogP contribution in [0.1, 0.15) is 30.9 Å². The molecule has 1 spiro atoms. The van der Waals surface area contributed by atoms with Crippen LogP contribution in [0.15, 0.2) is 12.1 Å². The maximum Gasteiger partial charge on any atom is 0.417 e. The summed E-state index contributed by atoms with van der Waals surface area (Å²) in [7, 11) is 1.41. The predicted molar refractivity (Wildman–Crippen MR) is 101 cm³/mol. The third kappa shape index (κ3) is 2.69. The summed E-state index contributed by atoms with van der Waals surface area (Å²) in [4.78, 5) is 27.4. The number of benzene rings is 1. The van der Waals surface area contributed by atoms with Crippen molar-refractivity contribution in [2.45, 2.75) is 49.4 Å². The molecule has 4 aliphatic heterocycles. The first-order valence-corrected chi connectivity index (χ1v) is 10.3. The van der Waals surface area contributed by atoms with Crippen molar-refractivity contribution in [3.63, 3.8) is 0 Å². The van der Waals surface area contributed by atoms with E-state index in [-0.39, 0.29) is 18.7 Å². The summed E-state index contributed by atoms with van der Waals surface area (Å²) in [5.74, 6) is -3.43. The average Bonchev–Trinajstić information content (AvgIpc) is 3.29. The number of amides is 2. The van der Waals surface area contributed by atoms with E-state index < -0.39 is 70.4 Å². The van der Waals surface area contributed by atoms with E-state index in [1.165, 1.54) is 13.1 Å². The Hall–Kier alpha value is -2.91. The number of carbonyl (C=O) groups excluding carboxylic acids is 1. The van der Waals surface area contributed by atoms with Gasteiger partial charge in [-0.2, -0.15) is 18.4 Å². The van der Waals surface area contributed by atoms with Crippen LogP contribution < -0.4 is 4.90 Å². The van der Waals surface area contributed by atoms with Gasteiger partial charge in [-0.1, -0.05) is 0 Å². The molecule has 5 rings (SSSR count). The molecule has 4 aliphatic rings. The summed E-state index contributed by atoms with van der Waals surface area (Å²) in [6, 6.07) is 1.96. The second kappa shape index (κ2) is 6.57. The van der Waals surface area contributed by atoms with Gasteiger partial charge in [0.05, 0.1) is 41.3 Å². The fourth-order valence-electron chi connectivity index (χ4n) is 6.34. The molecule has 0 aromatic heterocycles. The third-order valence-electron chi connectivity index (χ3n) is 7.55. The minimum atomic E-state index is -5.02. The molecule has 33 heavy (non-hydrogen) atoms. The molecule has 2 bridgehead atoms. The van der Waals surface area contributed by atoms with Crippen LogP contribution in [-0.4, -0.2) is 59.1 Å². The SMILES string of the molecule is CN(C(=O)O)[C@@H]1C[C@@]2(C)O[C@@]13CCO[C@H]1[C@@H]3[C@@H]2C(=O)N1c1cc(F)c(C#N)c(C(F)(F)F)c1. The Morgan fingerprint density at radius 2 is 2.09 bits per heavy atom. The number of hydrogen-bond acceptors (Lipinski definition) is 5. The highest BCUT2D eigenvalue weighted by Gasteiger charge is 2.79. The summed E-state index contributed by atoms with van der Waals surface area (Å²) in [6.45, 7) is 1.76. The van der Waals surface area contributed by atoms with Gasteiger partial charge in [0.25, 0.3) is 0 Å². The monoisotopic (exact) mass is 469 g/mol. The van der Waals surface area contributed by atoms with Gasteiger partial charge in [-0.05, 0) is 19.1 Å². The van der Waals surface area contributed by atoms with Crippen LogP contribution in [0.5, 0.6) is 0 Å².